The number of carbonyl (C=O) groups is 1. The smallest absolute Gasteiger partial charge is 0.278 e. The van der Waals surface area contributed by atoms with Crippen molar-refractivity contribution in [3.8, 4) is 5.75 Å². The van der Waals surface area contributed by atoms with Gasteiger partial charge >= 0.3 is 0 Å². The van der Waals surface area contributed by atoms with Crippen molar-refractivity contribution in [1.29, 1.82) is 0 Å². The van der Waals surface area contributed by atoms with E-state index in [1.807, 2.05) is 59.6 Å². The molecule has 3 heterocycles. The lowest BCUT2D eigenvalue weighted by molar-refractivity contribution is -0.0197. The Bertz CT molecular complexity index is 1380. The van der Waals surface area contributed by atoms with Gasteiger partial charge in [0.05, 0.1) is 19.3 Å². The average molecular weight is 462 g/mol. The SMILES string of the molecule is O=C1c2c(O)c(=O)ccn2N(C2c3ccccc3C=Cc3c(Cl)cccc32)[C@@H]2COCCN12. The van der Waals surface area contributed by atoms with Gasteiger partial charge in [-0.05, 0) is 28.3 Å². The minimum Gasteiger partial charge on any atom is -0.502 e. The van der Waals surface area contributed by atoms with Crippen molar-refractivity contribution in [3.63, 3.8) is 0 Å². The number of aromatic hydroxyl groups is 1. The fourth-order valence-electron chi connectivity index (χ4n) is 5.04. The number of amides is 1. The maximum Gasteiger partial charge on any atom is 0.278 e. The lowest BCUT2D eigenvalue weighted by Gasteiger charge is -2.51. The Morgan fingerprint density at radius 2 is 1.82 bits per heavy atom. The van der Waals surface area contributed by atoms with Gasteiger partial charge in [0.15, 0.2) is 11.4 Å². The predicted octanol–water partition coefficient (Wildman–Crippen LogP) is 3.23. The van der Waals surface area contributed by atoms with Crippen LogP contribution in [0.3, 0.4) is 0 Å². The number of fused-ring (bicyclic) bond motifs is 4. The number of halogens is 1. The van der Waals surface area contributed by atoms with Crippen molar-refractivity contribution < 1.29 is 14.6 Å². The second kappa shape index (κ2) is 7.50. The molecule has 1 amide bonds. The maximum absolute atomic E-state index is 13.4. The van der Waals surface area contributed by atoms with Gasteiger partial charge in [-0.2, -0.15) is 0 Å². The van der Waals surface area contributed by atoms with E-state index in [-0.39, 0.29) is 17.6 Å². The first kappa shape index (κ1) is 20.1. The lowest BCUT2D eigenvalue weighted by Crippen LogP contribution is -2.66. The first-order valence-corrected chi connectivity index (χ1v) is 11.1. The summed E-state index contributed by atoms with van der Waals surface area (Å²) < 4.78 is 7.40. The maximum atomic E-state index is 13.4. The summed E-state index contributed by atoms with van der Waals surface area (Å²) in [6.45, 7) is 1.04. The molecule has 1 aliphatic carbocycles. The fourth-order valence-corrected chi connectivity index (χ4v) is 5.28. The topological polar surface area (TPSA) is 75.0 Å². The third-order valence-electron chi connectivity index (χ3n) is 6.54. The van der Waals surface area contributed by atoms with Crippen LogP contribution < -0.4 is 10.4 Å². The Morgan fingerprint density at radius 1 is 1.00 bits per heavy atom. The van der Waals surface area contributed by atoms with Crippen LogP contribution in [0.15, 0.2) is 59.5 Å². The Hall–Kier alpha value is -3.55. The lowest BCUT2D eigenvalue weighted by atomic mass is 9.92. The molecule has 2 aliphatic heterocycles. The van der Waals surface area contributed by atoms with Crippen LogP contribution in [0.5, 0.6) is 5.75 Å². The van der Waals surface area contributed by atoms with Crippen molar-refractivity contribution >= 4 is 29.7 Å². The molecule has 2 aromatic carbocycles. The van der Waals surface area contributed by atoms with E-state index in [9.17, 15) is 14.7 Å². The van der Waals surface area contributed by atoms with Gasteiger partial charge in [-0.15, -0.1) is 0 Å². The molecular weight excluding hydrogens is 442 g/mol. The van der Waals surface area contributed by atoms with Crippen molar-refractivity contribution in [1.82, 2.24) is 9.58 Å². The molecule has 1 unspecified atom stereocenters. The Morgan fingerprint density at radius 3 is 2.70 bits per heavy atom. The van der Waals surface area contributed by atoms with Gasteiger partial charge in [-0.25, -0.2) is 0 Å². The monoisotopic (exact) mass is 461 g/mol. The van der Waals surface area contributed by atoms with Crippen LogP contribution >= 0.6 is 11.6 Å². The van der Waals surface area contributed by atoms with E-state index in [0.29, 0.717) is 24.8 Å². The number of rotatable bonds is 1. The molecule has 0 saturated carbocycles. The first-order valence-electron chi connectivity index (χ1n) is 10.7. The predicted molar refractivity (Wildman–Crippen MR) is 125 cm³/mol. The molecule has 2 atom stereocenters. The third kappa shape index (κ3) is 2.93. The number of nitrogens with zero attached hydrogens (tertiary/aromatic N) is 3. The normalized spacial score (nSPS) is 21.1. The van der Waals surface area contributed by atoms with Crippen molar-refractivity contribution in [2.45, 2.75) is 12.2 Å². The summed E-state index contributed by atoms with van der Waals surface area (Å²) in [5.74, 6) is -0.940. The second-order valence-electron chi connectivity index (χ2n) is 8.26. The molecule has 3 aromatic rings. The van der Waals surface area contributed by atoms with E-state index in [1.165, 1.54) is 6.07 Å². The van der Waals surface area contributed by atoms with Crippen molar-refractivity contribution in [2.24, 2.45) is 0 Å². The van der Waals surface area contributed by atoms with Gasteiger partial charge < -0.3 is 14.7 Å². The molecular formula is C25H20ClN3O4. The molecule has 7 nitrogen and oxygen atoms in total. The minimum atomic E-state index is -0.590. The number of hydrogen-bond acceptors (Lipinski definition) is 5. The largest absolute Gasteiger partial charge is 0.502 e. The quantitative estimate of drug-likeness (QED) is 0.602. The van der Waals surface area contributed by atoms with Crippen LogP contribution in [0.25, 0.3) is 12.2 Å². The number of hydrogen-bond donors (Lipinski definition) is 1. The summed E-state index contributed by atoms with van der Waals surface area (Å²) in [6.07, 6.45) is 5.15. The van der Waals surface area contributed by atoms with E-state index >= 15 is 0 Å². The number of aromatic nitrogens is 1. The first-order chi connectivity index (χ1) is 16.1. The number of morpholine rings is 1. The molecule has 6 rings (SSSR count). The standard InChI is InChI=1S/C25H20ClN3O4/c26-19-7-3-6-18-17(19)9-8-15-4-1-2-5-16(15)22(18)29-21-14-33-13-12-27(21)25(32)23-24(31)20(30)10-11-28(23)29/h1-11,21-22,31H,12-14H2/t21-,22?/m1/s1. The summed E-state index contributed by atoms with van der Waals surface area (Å²) in [4.78, 5) is 27.3. The number of benzene rings is 2. The molecule has 1 saturated heterocycles. The fraction of sp³-hybridized carbons (Fsp3) is 0.200. The van der Waals surface area contributed by atoms with Gasteiger partial charge in [0.1, 0.15) is 6.17 Å². The molecule has 166 valence electrons. The van der Waals surface area contributed by atoms with E-state index in [1.54, 1.807) is 15.8 Å². The minimum absolute atomic E-state index is 0.0427. The Kier molecular flexibility index (Phi) is 4.57. The van der Waals surface area contributed by atoms with Gasteiger partial charge in [0, 0.05) is 23.8 Å². The van der Waals surface area contributed by atoms with Gasteiger partial charge in [-0.3, -0.25) is 19.3 Å². The van der Waals surface area contributed by atoms with E-state index < -0.39 is 17.3 Å². The number of pyridine rings is 1. The van der Waals surface area contributed by atoms with Crippen LogP contribution in [0.1, 0.15) is 38.8 Å². The van der Waals surface area contributed by atoms with Crippen LogP contribution in [-0.2, 0) is 4.74 Å². The molecule has 1 fully saturated rings. The average Bonchev–Trinajstić information content (AvgIpc) is 3.00. The molecule has 1 aromatic heterocycles. The van der Waals surface area contributed by atoms with Gasteiger partial charge in [-0.1, -0.05) is 60.2 Å². The number of ether oxygens (including phenoxy) is 1. The summed E-state index contributed by atoms with van der Waals surface area (Å²) in [5.41, 5.74) is 3.23. The van der Waals surface area contributed by atoms with Crippen LogP contribution in [0, 0.1) is 0 Å². The highest BCUT2D eigenvalue weighted by atomic mass is 35.5. The highest BCUT2D eigenvalue weighted by Gasteiger charge is 2.45. The zero-order valence-corrected chi connectivity index (χ0v) is 18.3. The van der Waals surface area contributed by atoms with Gasteiger partial charge in [0.2, 0.25) is 5.43 Å². The molecule has 33 heavy (non-hydrogen) atoms. The van der Waals surface area contributed by atoms with Crippen molar-refractivity contribution in [3.05, 3.63) is 97.9 Å². The highest BCUT2D eigenvalue weighted by Crippen LogP contribution is 2.42. The Balaban J connectivity index is 1.68. The van der Waals surface area contributed by atoms with Gasteiger partial charge in [0.25, 0.3) is 5.91 Å². The van der Waals surface area contributed by atoms with Crippen LogP contribution in [0.4, 0.5) is 0 Å². The zero-order valence-electron chi connectivity index (χ0n) is 17.5. The molecule has 1 N–H and O–H groups in total. The molecule has 0 radical (unpaired) electrons. The molecule has 0 bridgehead atoms. The Labute approximate surface area is 194 Å². The summed E-state index contributed by atoms with van der Waals surface area (Å²) in [6, 6.07) is 14.7. The summed E-state index contributed by atoms with van der Waals surface area (Å²) >= 11 is 6.62. The van der Waals surface area contributed by atoms with Crippen molar-refractivity contribution in [2.75, 3.05) is 24.8 Å². The zero-order chi connectivity index (χ0) is 22.7. The van der Waals surface area contributed by atoms with Crippen LogP contribution in [0.2, 0.25) is 5.02 Å². The summed E-state index contributed by atoms with van der Waals surface area (Å²) in [5, 5.41) is 13.3. The molecule has 3 aliphatic rings. The van der Waals surface area contributed by atoms with E-state index in [2.05, 4.69) is 0 Å². The highest BCUT2D eigenvalue weighted by molar-refractivity contribution is 6.32. The van der Waals surface area contributed by atoms with Crippen LogP contribution in [-0.4, -0.2) is 46.5 Å². The molecule has 8 heteroatoms. The molecule has 0 spiro atoms. The van der Waals surface area contributed by atoms with E-state index in [4.69, 9.17) is 16.3 Å². The number of carbonyl (C=O) groups excluding carboxylic acids is 1. The third-order valence-corrected chi connectivity index (χ3v) is 6.87. The summed E-state index contributed by atoms with van der Waals surface area (Å²) in [7, 11) is 0. The van der Waals surface area contributed by atoms with E-state index in [0.717, 1.165) is 22.3 Å². The second-order valence-corrected chi connectivity index (χ2v) is 8.67.